The highest BCUT2D eigenvalue weighted by atomic mass is 16.2. The number of nitrogens with zero attached hydrogens (tertiary/aromatic N) is 8. The average Bonchev–Trinajstić information content (AvgIpc) is 3.34. The smallest absolute Gasteiger partial charge is 0.246 e. The molecule has 0 radical (unpaired) electrons. The Kier molecular flexibility index (Phi) is 5.96. The highest BCUT2D eigenvalue weighted by Crippen LogP contribution is 2.16. The van der Waals surface area contributed by atoms with E-state index in [1.807, 2.05) is 67.0 Å². The number of aliphatic imine (C=N–C) groups is 1. The van der Waals surface area contributed by atoms with E-state index in [1.165, 1.54) is 0 Å². The first-order valence-corrected chi connectivity index (χ1v) is 10.2. The number of nitrogens with one attached hydrogen (secondary N) is 1. The summed E-state index contributed by atoms with van der Waals surface area (Å²) in [5.74, 6) is 2.36. The Balaban J connectivity index is 1.49. The molecule has 1 aliphatic rings. The van der Waals surface area contributed by atoms with E-state index < -0.39 is 0 Å². The third-order valence-electron chi connectivity index (χ3n) is 5.36. The largest absolute Gasteiger partial charge is 0.349 e. The van der Waals surface area contributed by atoms with Gasteiger partial charge in [-0.25, -0.2) is 4.99 Å². The molecule has 3 heterocycles. The molecule has 0 atom stereocenters. The molecule has 4 rings (SSSR count). The van der Waals surface area contributed by atoms with Crippen molar-refractivity contribution in [2.75, 3.05) is 24.5 Å². The summed E-state index contributed by atoms with van der Waals surface area (Å²) in [6.45, 7) is 4.39. The molecule has 0 spiro atoms. The van der Waals surface area contributed by atoms with E-state index >= 15 is 0 Å². The molecule has 31 heavy (non-hydrogen) atoms. The van der Waals surface area contributed by atoms with Crippen LogP contribution in [0.25, 0.3) is 0 Å². The van der Waals surface area contributed by atoms with Crippen LogP contribution >= 0.6 is 0 Å². The number of hydrogen-bond acceptors (Lipinski definition) is 5. The normalized spacial score (nSPS) is 14.9. The van der Waals surface area contributed by atoms with Gasteiger partial charge in [0.15, 0.2) is 11.8 Å². The van der Waals surface area contributed by atoms with Crippen LogP contribution in [0.4, 0.5) is 5.69 Å². The lowest BCUT2D eigenvalue weighted by Crippen LogP contribution is -2.55. The molecule has 0 unspecified atom stereocenters. The van der Waals surface area contributed by atoms with Crippen LogP contribution in [0.3, 0.4) is 0 Å². The third kappa shape index (κ3) is 4.73. The van der Waals surface area contributed by atoms with Gasteiger partial charge in [0.2, 0.25) is 5.91 Å². The summed E-state index contributed by atoms with van der Waals surface area (Å²) in [4.78, 5) is 21.4. The summed E-state index contributed by atoms with van der Waals surface area (Å²) in [7, 11) is 3.78. The summed E-state index contributed by atoms with van der Waals surface area (Å²) < 4.78 is 3.64. The Morgan fingerprint density at radius 3 is 2.61 bits per heavy atom. The number of aryl methyl sites for hydroxylation is 2. The first kappa shape index (κ1) is 20.6. The molecule has 1 aromatic carbocycles. The van der Waals surface area contributed by atoms with E-state index in [4.69, 9.17) is 4.99 Å². The van der Waals surface area contributed by atoms with Crippen LogP contribution in [0.5, 0.6) is 0 Å². The van der Waals surface area contributed by atoms with Crippen LogP contribution in [-0.2, 0) is 32.0 Å². The fourth-order valence-electron chi connectivity index (χ4n) is 3.46. The van der Waals surface area contributed by atoms with Crippen LogP contribution in [0.15, 0.2) is 47.7 Å². The van der Waals surface area contributed by atoms with Gasteiger partial charge in [-0.1, -0.05) is 30.3 Å². The van der Waals surface area contributed by atoms with Crippen molar-refractivity contribution >= 4 is 17.6 Å². The lowest BCUT2D eigenvalue weighted by molar-refractivity contribution is -0.120. The zero-order valence-electron chi connectivity index (χ0n) is 18.1. The average molecular weight is 422 g/mol. The molecule has 1 N–H and O–H groups in total. The van der Waals surface area contributed by atoms with Crippen LogP contribution in [0.1, 0.15) is 17.2 Å². The lowest BCUT2D eigenvalue weighted by atomic mass is 10.2. The fourth-order valence-corrected chi connectivity index (χ4v) is 3.46. The number of amides is 1. The number of carbonyl (C=O) groups excluding carboxylic acids is 1. The van der Waals surface area contributed by atoms with Crippen molar-refractivity contribution in [2.24, 2.45) is 19.1 Å². The van der Waals surface area contributed by atoms with E-state index in [2.05, 4.69) is 20.6 Å². The molecule has 10 heteroatoms. The summed E-state index contributed by atoms with van der Waals surface area (Å²) >= 11 is 0. The predicted molar refractivity (Wildman–Crippen MR) is 117 cm³/mol. The van der Waals surface area contributed by atoms with Gasteiger partial charge >= 0.3 is 0 Å². The summed E-state index contributed by atoms with van der Waals surface area (Å²) in [5, 5.41) is 15.9. The van der Waals surface area contributed by atoms with Crippen molar-refractivity contribution in [1.82, 2.24) is 34.8 Å². The van der Waals surface area contributed by atoms with Gasteiger partial charge in [-0.2, -0.15) is 5.10 Å². The number of benzene rings is 1. The number of hydrogen-bond donors (Lipinski definition) is 1. The Morgan fingerprint density at radius 1 is 1.16 bits per heavy atom. The molecule has 162 valence electrons. The zero-order chi connectivity index (χ0) is 21.8. The second kappa shape index (κ2) is 8.99. The number of carbonyl (C=O) groups is 1. The van der Waals surface area contributed by atoms with Crippen LogP contribution in [0.2, 0.25) is 0 Å². The van der Waals surface area contributed by atoms with Crippen molar-refractivity contribution in [2.45, 2.75) is 20.0 Å². The van der Waals surface area contributed by atoms with Gasteiger partial charge in [-0.15, -0.1) is 10.2 Å². The zero-order valence-corrected chi connectivity index (χ0v) is 18.1. The predicted octanol–water partition coefficient (Wildman–Crippen LogP) is 0.852. The van der Waals surface area contributed by atoms with Gasteiger partial charge in [0.25, 0.3) is 0 Å². The van der Waals surface area contributed by atoms with Crippen LogP contribution in [-0.4, -0.2) is 60.9 Å². The molecule has 1 fully saturated rings. The molecule has 3 aromatic rings. The number of rotatable bonds is 5. The van der Waals surface area contributed by atoms with Gasteiger partial charge in [0.05, 0.1) is 25.0 Å². The Bertz CT molecular complexity index is 1070. The van der Waals surface area contributed by atoms with Crippen molar-refractivity contribution in [1.29, 1.82) is 0 Å². The third-order valence-corrected chi connectivity index (χ3v) is 5.36. The van der Waals surface area contributed by atoms with Gasteiger partial charge < -0.3 is 19.7 Å². The highest BCUT2D eigenvalue weighted by Gasteiger charge is 2.28. The molecule has 1 amide bonds. The van der Waals surface area contributed by atoms with Gasteiger partial charge in [-0.3, -0.25) is 9.48 Å². The fraction of sp³-hybridized carbons (Fsp3) is 0.381. The maximum atomic E-state index is 12.9. The second-order valence-corrected chi connectivity index (χ2v) is 7.54. The maximum absolute atomic E-state index is 12.9. The first-order chi connectivity index (χ1) is 15.0. The van der Waals surface area contributed by atoms with Crippen molar-refractivity contribution < 1.29 is 4.79 Å². The molecule has 0 saturated carbocycles. The van der Waals surface area contributed by atoms with E-state index in [0.717, 1.165) is 22.9 Å². The standard InChI is InChI=1S/C21H27N9O/c1-16-25-26-19(28(16)3)13-23-21(22-11-17-7-5-4-6-8-17)29-9-10-30(20(31)15-29)18-12-24-27(2)14-18/h4-8,12,14H,9-11,13,15H2,1-3H3,(H,22,23). The van der Waals surface area contributed by atoms with Crippen LogP contribution in [0, 0.1) is 6.92 Å². The van der Waals surface area contributed by atoms with Crippen molar-refractivity contribution in [3.05, 3.63) is 59.9 Å². The first-order valence-electron chi connectivity index (χ1n) is 10.2. The van der Waals surface area contributed by atoms with Gasteiger partial charge in [0, 0.05) is 33.4 Å². The number of aromatic nitrogens is 5. The minimum Gasteiger partial charge on any atom is -0.349 e. The molecular formula is C21H27N9O. The van der Waals surface area contributed by atoms with E-state index in [1.54, 1.807) is 15.8 Å². The summed E-state index contributed by atoms with van der Waals surface area (Å²) in [5.41, 5.74) is 1.93. The Morgan fingerprint density at radius 2 is 1.97 bits per heavy atom. The van der Waals surface area contributed by atoms with Crippen LogP contribution < -0.4 is 10.2 Å². The monoisotopic (exact) mass is 421 g/mol. The lowest BCUT2D eigenvalue weighted by Gasteiger charge is -2.35. The van der Waals surface area contributed by atoms with E-state index in [0.29, 0.717) is 32.1 Å². The summed E-state index contributed by atoms with van der Waals surface area (Å²) in [6.07, 6.45) is 3.57. The van der Waals surface area contributed by atoms with Crippen molar-refractivity contribution in [3.8, 4) is 0 Å². The second-order valence-electron chi connectivity index (χ2n) is 7.54. The number of anilines is 1. The Hall–Kier alpha value is -3.69. The molecule has 2 aromatic heterocycles. The van der Waals surface area contributed by atoms with Crippen molar-refractivity contribution in [3.63, 3.8) is 0 Å². The maximum Gasteiger partial charge on any atom is 0.246 e. The molecule has 1 saturated heterocycles. The summed E-state index contributed by atoms with van der Waals surface area (Å²) in [6, 6.07) is 10.1. The Labute approximate surface area is 181 Å². The SMILES string of the molecule is Cc1nnc(CNC(=NCc2ccccc2)N2CCN(c3cnn(C)c3)C(=O)C2)n1C. The number of guanidine groups is 1. The topological polar surface area (TPSA) is 96.5 Å². The molecule has 10 nitrogen and oxygen atoms in total. The van der Waals surface area contributed by atoms with E-state index in [9.17, 15) is 4.79 Å². The molecule has 0 aliphatic carbocycles. The molecular weight excluding hydrogens is 394 g/mol. The van der Waals surface area contributed by atoms with Gasteiger partial charge in [-0.05, 0) is 12.5 Å². The van der Waals surface area contributed by atoms with E-state index in [-0.39, 0.29) is 12.5 Å². The molecule has 0 bridgehead atoms. The highest BCUT2D eigenvalue weighted by molar-refractivity contribution is 5.98. The number of piperazine rings is 1. The van der Waals surface area contributed by atoms with Gasteiger partial charge in [0.1, 0.15) is 12.4 Å². The quantitative estimate of drug-likeness (QED) is 0.485. The minimum atomic E-state index is 0.0166. The molecule has 1 aliphatic heterocycles. The minimum absolute atomic E-state index is 0.0166.